The minimum Gasteiger partial charge on any atom is -0.464 e. The number of benzene rings is 1. The van der Waals surface area contributed by atoms with Crippen LogP contribution in [0.25, 0.3) is 0 Å². The monoisotopic (exact) mass is 292 g/mol. The molecule has 1 aromatic rings. The molecule has 0 radical (unpaired) electrons. The van der Waals surface area contributed by atoms with Gasteiger partial charge in [-0.05, 0) is 44.9 Å². The molecule has 0 aromatic heterocycles. The van der Waals surface area contributed by atoms with Crippen molar-refractivity contribution in [1.29, 1.82) is 0 Å². The third-order valence-electron chi connectivity index (χ3n) is 4.60. The number of anilines is 1. The Morgan fingerprint density at radius 1 is 1.48 bits per heavy atom. The van der Waals surface area contributed by atoms with Crippen LogP contribution in [0, 0.1) is 5.82 Å². The van der Waals surface area contributed by atoms with Crippen molar-refractivity contribution < 1.29 is 13.9 Å². The van der Waals surface area contributed by atoms with Crippen molar-refractivity contribution in [2.24, 2.45) is 0 Å². The zero-order chi connectivity index (χ0) is 14.9. The fourth-order valence-electron chi connectivity index (χ4n) is 3.64. The van der Waals surface area contributed by atoms with E-state index in [4.69, 9.17) is 4.74 Å². The number of carbonyl (C=O) groups is 1. The number of hydrogen-bond acceptors (Lipinski definition) is 4. The molecule has 4 nitrogen and oxygen atoms in total. The first-order chi connectivity index (χ1) is 10.2. The number of ether oxygens (including phenoxy) is 1. The molecule has 0 saturated carbocycles. The van der Waals surface area contributed by atoms with Crippen molar-refractivity contribution in [1.82, 2.24) is 4.90 Å². The van der Waals surface area contributed by atoms with Crippen molar-refractivity contribution in [3.63, 3.8) is 0 Å². The summed E-state index contributed by atoms with van der Waals surface area (Å²) in [5.74, 6) is -0.597. The number of nitrogens with zero attached hydrogens (tertiary/aromatic N) is 1. The first kappa shape index (κ1) is 14.3. The third-order valence-corrected chi connectivity index (χ3v) is 4.60. The Labute approximate surface area is 124 Å². The number of carbonyl (C=O) groups excluding carboxylic acids is 1. The molecule has 2 heterocycles. The normalized spacial score (nSPS) is 28.4. The number of rotatable bonds is 4. The van der Waals surface area contributed by atoms with Crippen molar-refractivity contribution in [2.75, 3.05) is 25.0 Å². The lowest BCUT2D eigenvalue weighted by Gasteiger charge is -2.34. The summed E-state index contributed by atoms with van der Waals surface area (Å²) in [6.07, 6.45) is 2.68. The molecule has 2 saturated heterocycles. The van der Waals surface area contributed by atoms with Crippen molar-refractivity contribution in [3.8, 4) is 0 Å². The van der Waals surface area contributed by atoms with Gasteiger partial charge < -0.3 is 10.1 Å². The molecule has 0 spiro atoms. The van der Waals surface area contributed by atoms with Crippen molar-refractivity contribution in [3.05, 3.63) is 30.1 Å². The smallest absolute Gasteiger partial charge is 0.333 e. The molecule has 3 rings (SSSR count). The average Bonchev–Trinajstić information content (AvgIpc) is 3.06. The molecular weight excluding hydrogens is 271 g/mol. The van der Waals surface area contributed by atoms with Crippen LogP contribution in [0.4, 0.5) is 10.1 Å². The molecule has 2 aliphatic rings. The topological polar surface area (TPSA) is 41.6 Å². The van der Waals surface area contributed by atoms with E-state index in [-0.39, 0.29) is 17.8 Å². The van der Waals surface area contributed by atoms with Gasteiger partial charge in [-0.15, -0.1) is 0 Å². The van der Waals surface area contributed by atoms with E-state index in [1.54, 1.807) is 25.1 Å². The van der Waals surface area contributed by atoms with Crippen LogP contribution in [0.3, 0.4) is 0 Å². The van der Waals surface area contributed by atoms with E-state index < -0.39 is 5.54 Å². The van der Waals surface area contributed by atoms with Gasteiger partial charge in [-0.25, -0.2) is 9.18 Å². The van der Waals surface area contributed by atoms with Crippen LogP contribution in [0.5, 0.6) is 0 Å². The number of nitrogens with one attached hydrogen (secondary N) is 1. The van der Waals surface area contributed by atoms with E-state index in [2.05, 4.69) is 10.2 Å². The Morgan fingerprint density at radius 3 is 3.05 bits per heavy atom. The summed E-state index contributed by atoms with van der Waals surface area (Å²) in [7, 11) is 0. The van der Waals surface area contributed by atoms with Crippen LogP contribution in [0.2, 0.25) is 0 Å². The summed E-state index contributed by atoms with van der Waals surface area (Å²) in [6, 6.07) is 6.59. The van der Waals surface area contributed by atoms with E-state index in [9.17, 15) is 9.18 Å². The maximum absolute atomic E-state index is 14.0. The second-order valence-electron chi connectivity index (χ2n) is 5.74. The molecule has 2 atom stereocenters. The van der Waals surface area contributed by atoms with Gasteiger partial charge in [0.05, 0.1) is 12.3 Å². The van der Waals surface area contributed by atoms with Crippen LogP contribution in [-0.2, 0) is 9.53 Å². The van der Waals surface area contributed by atoms with Gasteiger partial charge in [0, 0.05) is 12.6 Å². The van der Waals surface area contributed by atoms with Crippen LogP contribution in [0.1, 0.15) is 26.2 Å². The number of halogens is 1. The molecule has 114 valence electrons. The van der Waals surface area contributed by atoms with Crippen LogP contribution >= 0.6 is 0 Å². The molecule has 0 aliphatic carbocycles. The molecule has 21 heavy (non-hydrogen) atoms. The highest BCUT2D eigenvalue weighted by atomic mass is 19.1. The number of para-hydroxylation sites is 1. The van der Waals surface area contributed by atoms with Crippen molar-refractivity contribution >= 4 is 11.7 Å². The van der Waals surface area contributed by atoms with E-state index in [1.165, 1.54) is 6.07 Å². The maximum atomic E-state index is 14.0. The molecule has 2 aliphatic heterocycles. The maximum Gasteiger partial charge on any atom is 0.333 e. The number of hydrogen-bond donors (Lipinski definition) is 1. The Bertz CT molecular complexity index is 537. The summed E-state index contributed by atoms with van der Waals surface area (Å²) in [5.41, 5.74) is -0.450. The summed E-state index contributed by atoms with van der Waals surface area (Å²) in [4.78, 5) is 14.9. The molecule has 2 fully saturated rings. The van der Waals surface area contributed by atoms with E-state index in [1.807, 2.05) is 0 Å². The minimum absolute atomic E-state index is 0.0937. The van der Waals surface area contributed by atoms with Crippen LogP contribution in [-0.4, -0.2) is 42.1 Å². The lowest BCUT2D eigenvalue weighted by molar-refractivity contribution is -0.149. The number of fused-ring (bicyclic) bond motifs is 1. The lowest BCUT2D eigenvalue weighted by Crippen LogP contribution is -2.55. The SMILES string of the molecule is CCOC(=O)C1(Nc2ccccc2F)CCN2CCCC21. The lowest BCUT2D eigenvalue weighted by atomic mass is 9.88. The Balaban J connectivity index is 1.93. The van der Waals surface area contributed by atoms with Gasteiger partial charge in [0.2, 0.25) is 0 Å². The fraction of sp³-hybridized carbons (Fsp3) is 0.562. The molecule has 2 unspecified atom stereocenters. The van der Waals surface area contributed by atoms with Crippen LogP contribution < -0.4 is 5.32 Å². The second kappa shape index (κ2) is 5.64. The highest BCUT2D eigenvalue weighted by Gasteiger charge is 2.55. The Morgan fingerprint density at radius 2 is 2.29 bits per heavy atom. The predicted molar refractivity (Wildman–Crippen MR) is 78.6 cm³/mol. The Kier molecular flexibility index (Phi) is 3.85. The predicted octanol–water partition coefficient (Wildman–Crippen LogP) is 2.41. The van der Waals surface area contributed by atoms with Gasteiger partial charge >= 0.3 is 5.97 Å². The largest absolute Gasteiger partial charge is 0.464 e. The van der Waals surface area contributed by atoms with Crippen molar-refractivity contribution in [2.45, 2.75) is 37.8 Å². The van der Waals surface area contributed by atoms with Gasteiger partial charge in [0.25, 0.3) is 0 Å². The second-order valence-corrected chi connectivity index (χ2v) is 5.74. The highest BCUT2D eigenvalue weighted by Crippen LogP contribution is 2.39. The fourth-order valence-corrected chi connectivity index (χ4v) is 3.64. The first-order valence-electron chi connectivity index (χ1n) is 7.61. The number of esters is 1. The van der Waals surface area contributed by atoms with Gasteiger partial charge in [0.15, 0.2) is 5.54 Å². The zero-order valence-corrected chi connectivity index (χ0v) is 12.3. The van der Waals surface area contributed by atoms with Crippen LogP contribution in [0.15, 0.2) is 24.3 Å². The molecular formula is C16H21FN2O2. The van der Waals surface area contributed by atoms with Gasteiger partial charge in [-0.3, -0.25) is 4.90 Å². The Hall–Kier alpha value is -1.62. The van der Waals surface area contributed by atoms with E-state index in [0.29, 0.717) is 18.7 Å². The third kappa shape index (κ3) is 2.39. The molecule has 0 amide bonds. The molecule has 5 heteroatoms. The van der Waals surface area contributed by atoms with E-state index in [0.717, 1.165) is 25.9 Å². The average molecular weight is 292 g/mol. The molecule has 0 bridgehead atoms. The summed E-state index contributed by atoms with van der Waals surface area (Å²) in [5, 5.41) is 3.19. The van der Waals surface area contributed by atoms with Gasteiger partial charge in [-0.2, -0.15) is 0 Å². The van der Waals surface area contributed by atoms with E-state index >= 15 is 0 Å². The highest BCUT2D eigenvalue weighted by molar-refractivity contribution is 5.86. The summed E-state index contributed by atoms with van der Waals surface area (Å²) in [6.45, 7) is 4.00. The summed E-state index contributed by atoms with van der Waals surface area (Å²) >= 11 is 0. The zero-order valence-electron chi connectivity index (χ0n) is 12.3. The quantitative estimate of drug-likeness (QED) is 0.865. The molecule has 1 aromatic carbocycles. The standard InChI is InChI=1S/C16H21FN2O2/c1-2-21-15(20)16(9-11-19-10-5-8-14(16)19)18-13-7-4-3-6-12(13)17/h3-4,6-7,14,18H,2,5,8-11H2,1H3. The van der Waals surface area contributed by atoms with Gasteiger partial charge in [0.1, 0.15) is 5.82 Å². The first-order valence-corrected chi connectivity index (χ1v) is 7.61. The van der Waals surface area contributed by atoms with Gasteiger partial charge in [-0.1, -0.05) is 12.1 Å². The minimum atomic E-state index is -0.825. The summed E-state index contributed by atoms with van der Waals surface area (Å²) < 4.78 is 19.3. The molecule has 1 N–H and O–H groups in total.